The van der Waals surface area contributed by atoms with Gasteiger partial charge in [-0.25, -0.2) is 0 Å². The molecular formula is C28H32ClNO5. The van der Waals surface area contributed by atoms with Gasteiger partial charge < -0.3 is 28.6 Å². The molecule has 6 atom stereocenters. The lowest BCUT2D eigenvalue weighted by molar-refractivity contribution is -0.174. The Kier molecular flexibility index (Phi) is 4.69. The molecule has 0 spiro atoms. The Morgan fingerprint density at radius 3 is 1.94 bits per heavy atom. The van der Waals surface area contributed by atoms with Crippen LogP contribution in [0, 0.1) is 23.7 Å². The van der Waals surface area contributed by atoms with E-state index in [0.717, 1.165) is 51.9 Å². The van der Waals surface area contributed by atoms with Crippen LogP contribution in [0.4, 0.5) is 5.69 Å². The fraction of sp³-hybridized carbons (Fsp3) is 0.571. The van der Waals surface area contributed by atoms with Crippen molar-refractivity contribution in [3.05, 3.63) is 46.0 Å². The van der Waals surface area contributed by atoms with E-state index in [0.29, 0.717) is 44.2 Å². The van der Waals surface area contributed by atoms with E-state index < -0.39 is 11.6 Å². The van der Waals surface area contributed by atoms with Crippen molar-refractivity contribution in [3.8, 4) is 17.2 Å². The minimum absolute atomic E-state index is 0.270. The molecule has 0 amide bonds. The summed E-state index contributed by atoms with van der Waals surface area (Å²) in [5, 5.41) is 0.724. The maximum Gasteiger partial charge on any atom is 0.211 e. The highest BCUT2D eigenvalue weighted by Gasteiger charge is 2.55. The van der Waals surface area contributed by atoms with E-state index in [1.165, 1.54) is 5.56 Å². The van der Waals surface area contributed by atoms with Gasteiger partial charge in [-0.2, -0.15) is 0 Å². The number of halogens is 1. The predicted octanol–water partition coefficient (Wildman–Crippen LogP) is 5.56. The van der Waals surface area contributed by atoms with Crippen molar-refractivity contribution in [2.75, 3.05) is 24.8 Å². The molecule has 6 nitrogen and oxygen atoms in total. The molecule has 2 aromatic rings. The molecule has 0 aliphatic carbocycles. The summed E-state index contributed by atoms with van der Waals surface area (Å²) in [4.78, 5) is 2.22. The fourth-order valence-electron chi connectivity index (χ4n) is 6.89. The number of nitrogens with zero attached hydrogens (tertiary/aromatic N) is 1. The van der Waals surface area contributed by atoms with Crippen LogP contribution in [-0.4, -0.2) is 31.5 Å². The zero-order valence-corrected chi connectivity index (χ0v) is 21.5. The molecule has 0 radical (unpaired) electrons. The van der Waals surface area contributed by atoms with Gasteiger partial charge >= 0.3 is 0 Å². The summed E-state index contributed by atoms with van der Waals surface area (Å²) < 4.78 is 32.5. The number of benzene rings is 2. The van der Waals surface area contributed by atoms with Crippen molar-refractivity contribution >= 4 is 17.3 Å². The predicted molar refractivity (Wildman–Crippen MR) is 132 cm³/mol. The topological polar surface area (TPSA) is 49.4 Å². The standard InChI is InChI=1S/C28H32ClNO5/c1-15-12-32-27(3)22(15)9-19-24-21(11-30(14-31-24)18-7-5-17(29)6-8-18)26-20(25(19)34-27)10-23-16(2)13-33-28(23,4)35-26/h5-8,15-16,22-23H,9-14H2,1-4H3/t15-,16-,22+,23+,27+,28+/m0/s1. The van der Waals surface area contributed by atoms with Crippen molar-refractivity contribution in [2.24, 2.45) is 23.7 Å². The maximum atomic E-state index is 6.78. The molecule has 186 valence electrons. The number of fused-ring (bicyclic) bond motifs is 8. The van der Waals surface area contributed by atoms with Crippen LogP contribution in [0.3, 0.4) is 0 Å². The lowest BCUT2D eigenvalue weighted by Crippen LogP contribution is -2.48. The first kappa shape index (κ1) is 22.1. The minimum Gasteiger partial charge on any atom is -0.472 e. The van der Waals surface area contributed by atoms with E-state index in [2.05, 4.69) is 32.6 Å². The van der Waals surface area contributed by atoms with Gasteiger partial charge in [0.2, 0.25) is 11.6 Å². The third-order valence-corrected chi connectivity index (χ3v) is 9.25. The summed E-state index contributed by atoms with van der Waals surface area (Å²) in [6.45, 7) is 11.2. The Hall–Kier alpha value is -2.15. The van der Waals surface area contributed by atoms with Crippen LogP contribution in [0.1, 0.15) is 44.4 Å². The van der Waals surface area contributed by atoms with Crippen molar-refractivity contribution in [1.29, 1.82) is 0 Å². The summed E-state index contributed by atoms with van der Waals surface area (Å²) >= 11 is 6.14. The average Bonchev–Trinajstić information content (AvgIpc) is 3.31. The molecule has 0 bridgehead atoms. The van der Waals surface area contributed by atoms with Gasteiger partial charge in [0.15, 0.2) is 6.73 Å². The van der Waals surface area contributed by atoms with Crippen LogP contribution in [0.5, 0.6) is 17.2 Å². The molecule has 5 heterocycles. The van der Waals surface area contributed by atoms with Gasteiger partial charge in [0.05, 0.1) is 25.3 Å². The molecule has 35 heavy (non-hydrogen) atoms. The van der Waals surface area contributed by atoms with Crippen molar-refractivity contribution in [2.45, 2.75) is 58.7 Å². The van der Waals surface area contributed by atoms with Crippen LogP contribution in [-0.2, 0) is 28.9 Å². The monoisotopic (exact) mass is 497 g/mol. The Balaban J connectivity index is 1.38. The number of rotatable bonds is 1. The lowest BCUT2D eigenvalue weighted by atomic mass is 9.77. The van der Waals surface area contributed by atoms with E-state index in [1.54, 1.807) is 0 Å². The van der Waals surface area contributed by atoms with Gasteiger partial charge in [-0.05, 0) is 48.9 Å². The molecule has 2 aromatic carbocycles. The molecule has 0 aromatic heterocycles. The minimum atomic E-state index is -0.642. The second-order valence-corrected chi connectivity index (χ2v) is 11.7. The van der Waals surface area contributed by atoms with E-state index >= 15 is 0 Å². The number of anilines is 1. The molecule has 2 fully saturated rings. The SMILES string of the molecule is C[C@H]1CO[C@]2(C)Oc3c(c4c(c5c3C[C@@H]3[C@@H](C)CO[C@]3(C)O5)CN(c3ccc(Cl)cc3)CO4)C[C@H]12. The van der Waals surface area contributed by atoms with Crippen LogP contribution in [0.15, 0.2) is 24.3 Å². The number of ether oxygens (including phenoxy) is 5. The highest BCUT2D eigenvalue weighted by molar-refractivity contribution is 6.30. The third-order valence-electron chi connectivity index (χ3n) is 8.99. The van der Waals surface area contributed by atoms with E-state index in [4.69, 9.17) is 35.3 Å². The second-order valence-electron chi connectivity index (χ2n) is 11.3. The zero-order valence-electron chi connectivity index (χ0n) is 20.7. The summed E-state index contributed by atoms with van der Waals surface area (Å²) in [6, 6.07) is 7.91. The molecule has 0 unspecified atom stereocenters. The second kappa shape index (κ2) is 7.44. The largest absolute Gasteiger partial charge is 0.472 e. The molecule has 0 saturated carbocycles. The normalized spacial score (nSPS) is 36.7. The Labute approximate surface area is 211 Å². The molecule has 5 aliphatic rings. The molecule has 2 saturated heterocycles. The zero-order chi connectivity index (χ0) is 24.1. The van der Waals surface area contributed by atoms with Crippen LogP contribution in [0.2, 0.25) is 5.02 Å². The van der Waals surface area contributed by atoms with Crippen molar-refractivity contribution < 1.29 is 23.7 Å². The van der Waals surface area contributed by atoms with Crippen LogP contribution >= 0.6 is 11.6 Å². The first-order chi connectivity index (χ1) is 16.8. The summed E-state index contributed by atoms with van der Waals surface area (Å²) in [6.07, 6.45) is 1.75. The molecule has 0 N–H and O–H groups in total. The van der Waals surface area contributed by atoms with Gasteiger partial charge in [0, 0.05) is 47.5 Å². The number of hydrogen-bond acceptors (Lipinski definition) is 6. The van der Waals surface area contributed by atoms with E-state index in [9.17, 15) is 0 Å². The average molecular weight is 498 g/mol. The lowest BCUT2D eigenvalue weighted by Gasteiger charge is -2.45. The van der Waals surface area contributed by atoms with Gasteiger partial charge in [-0.3, -0.25) is 0 Å². The van der Waals surface area contributed by atoms with E-state index in [-0.39, 0.29) is 5.92 Å². The maximum absolute atomic E-state index is 6.78. The molecule has 5 aliphatic heterocycles. The van der Waals surface area contributed by atoms with Crippen molar-refractivity contribution in [1.82, 2.24) is 0 Å². The van der Waals surface area contributed by atoms with Gasteiger partial charge in [-0.15, -0.1) is 0 Å². The van der Waals surface area contributed by atoms with E-state index in [1.807, 2.05) is 24.3 Å². The molecule has 7 heteroatoms. The Bertz CT molecular complexity index is 1200. The fourth-order valence-corrected chi connectivity index (χ4v) is 7.02. The first-order valence-electron chi connectivity index (χ1n) is 12.8. The summed E-state index contributed by atoms with van der Waals surface area (Å²) in [5.41, 5.74) is 4.47. The van der Waals surface area contributed by atoms with Gasteiger partial charge in [-0.1, -0.05) is 25.4 Å². The smallest absolute Gasteiger partial charge is 0.211 e. The summed E-state index contributed by atoms with van der Waals surface area (Å²) in [5.74, 6) is 2.83. The van der Waals surface area contributed by atoms with Crippen molar-refractivity contribution in [3.63, 3.8) is 0 Å². The first-order valence-corrected chi connectivity index (χ1v) is 13.1. The van der Waals surface area contributed by atoms with Gasteiger partial charge in [0.1, 0.15) is 17.2 Å². The Morgan fingerprint density at radius 1 is 0.800 bits per heavy atom. The third kappa shape index (κ3) is 3.15. The highest BCUT2D eigenvalue weighted by atomic mass is 35.5. The Morgan fingerprint density at radius 2 is 1.34 bits per heavy atom. The molecular weight excluding hydrogens is 466 g/mol. The summed E-state index contributed by atoms with van der Waals surface area (Å²) in [7, 11) is 0. The highest BCUT2D eigenvalue weighted by Crippen LogP contribution is 2.58. The van der Waals surface area contributed by atoms with Crippen LogP contribution in [0.25, 0.3) is 0 Å². The number of hydrogen-bond donors (Lipinski definition) is 0. The quantitative estimate of drug-likeness (QED) is 0.514. The molecule has 7 rings (SSSR count). The van der Waals surface area contributed by atoms with Gasteiger partial charge in [0.25, 0.3) is 0 Å². The van der Waals surface area contributed by atoms with Crippen LogP contribution < -0.4 is 19.1 Å².